The van der Waals surface area contributed by atoms with Crippen molar-refractivity contribution < 1.29 is 23.8 Å². The number of aliphatic hydroxyl groups is 1. The summed E-state index contributed by atoms with van der Waals surface area (Å²) in [6, 6.07) is 3.67. The van der Waals surface area contributed by atoms with Crippen LogP contribution in [0.15, 0.2) is 40.2 Å². The normalized spacial score (nSPS) is 12.7. The van der Waals surface area contributed by atoms with E-state index in [-0.39, 0.29) is 31.2 Å². The van der Waals surface area contributed by atoms with E-state index < -0.39 is 34.6 Å². The van der Waals surface area contributed by atoms with Crippen molar-refractivity contribution in [3.05, 3.63) is 68.4 Å². The van der Waals surface area contributed by atoms with Gasteiger partial charge in [-0.3, -0.25) is 14.2 Å². The number of nitrogens with zero attached hydrogens (tertiary/aromatic N) is 5. The number of aromatic nitrogens is 5. The van der Waals surface area contributed by atoms with Gasteiger partial charge < -0.3 is 19.9 Å². The quantitative estimate of drug-likeness (QED) is 0.272. The second kappa shape index (κ2) is 11.9. The predicted octanol–water partition coefficient (Wildman–Crippen LogP) is 2.27. The number of methoxy groups -OCH3 is 1. The van der Waals surface area contributed by atoms with Gasteiger partial charge in [0.1, 0.15) is 33.0 Å². The fourth-order valence-corrected chi connectivity index (χ4v) is 5.82. The Morgan fingerprint density at radius 3 is 2.51 bits per heavy atom. The molecule has 0 radical (unpaired) electrons. The number of hydrogen-bond donors (Lipinski definition) is 2. The highest BCUT2D eigenvalue weighted by Crippen LogP contribution is 2.34. The summed E-state index contributed by atoms with van der Waals surface area (Å²) in [6.07, 6.45) is 2.01. The van der Waals surface area contributed by atoms with Gasteiger partial charge in [0.15, 0.2) is 0 Å². The molecular weight excluding hydrogens is 555 g/mol. The van der Waals surface area contributed by atoms with Crippen LogP contribution in [-0.4, -0.2) is 61.5 Å². The minimum absolute atomic E-state index is 0.115. The van der Waals surface area contributed by atoms with Gasteiger partial charge in [0.25, 0.3) is 5.56 Å². The second-order valence-electron chi connectivity index (χ2n) is 10.2. The monoisotopic (exact) mass is 588 g/mol. The van der Waals surface area contributed by atoms with Gasteiger partial charge in [-0.15, -0.1) is 4.80 Å². The number of aliphatic hydroxyl groups excluding tert-OH is 1. The molecule has 3 aromatic heterocycles. The van der Waals surface area contributed by atoms with Crippen molar-refractivity contribution in [2.75, 3.05) is 20.3 Å². The van der Waals surface area contributed by atoms with Crippen LogP contribution in [0, 0.1) is 12.7 Å². The maximum Gasteiger partial charge on any atom is 0.333 e. The van der Waals surface area contributed by atoms with Gasteiger partial charge in [0.2, 0.25) is 5.91 Å². The summed E-state index contributed by atoms with van der Waals surface area (Å²) in [6.45, 7) is 7.63. The van der Waals surface area contributed by atoms with Crippen LogP contribution in [-0.2, 0) is 21.6 Å². The zero-order valence-corrected chi connectivity index (χ0v) is 24.5. The van der Waals surface area contributed by atoms with Crippen LogP contribution < -0.4 is 21.3 Å². The van der Waals surface area contributed by atoms with E-state index in [1.54, 1.807) is 20.8 Å². The van der Waals surface area contributed by atoms with E-state index in [0.717, 1.165) is 15.9 Å². The summed E-state index contributed by atoms with van der Waals surface area (Å²) < 4.78 is 28.0. The Morgan fingerprint density at radius 1 is 1.22 bits per heavy atom. The van der Waals surface area contributed by atoms with Crippen LogP contribution in [0.3, 0.4) is 0 Å². The van der Waals surface area contributed by atoms with Crippen LogP contribution in [0.2, 0.25) is 0 Å². The molecule has 0 fully saturated rings. The molecule has 0 saturated carbocycles. The highest BCUT2D eigenvalue weighted by atomic mass is 32.1. The molecule has 14 heteroatoms. The Bertz CT molecular complexity index is 1670. The SMILES string of the molecule is COc1ccc(F)cc1[C@@H](Cn1c(=O)n(C(C)(C)C(=O)NC(C)C)c(=O)c2c(C)c(-n3nccn3)sc21)OCCO. The van der Waals surface area contributed by atoms with Gasteiger partial charge in [-0.05, 0) is 52.8 Å². The molecule has 0 aliphatic heterocycles. The average Bonchev–Trinajstić information content (AvgIpc) is 3.56. The summed E-state index contributed by atoms with van der Waals surface area (Å²) in [5, 5.41) is 21.4. The summed E-state index contributed by atoms with van der Waals surface area (Å²) in [4.78, 5) is 43.1. The molecule has 1 amide bonds. The zero-order valence-electron chi connectivity index (χ0n) is 23.7. The van der Waals surface area contributed by atoms with E-state index in [1.165, 1.54) is 60.9 Å². The maximum absolute atomic E-state index is 14.4. The molecule has 4 rings (SSSR count). The number of aryl methyl sites for hydroxylation is 1. The standard InChI is InChI=1S/C27H33FN6O6S/c1-15(2)31-25(37)27(4,5)33-22(36)21-16(3)23(34-29-9-10-30-34)41-24(21)32(26(33)38)14-20(40-12-11-35)18-13-17(28)7-8-19(18)39-6/h7-10,13,15,20,35H,11-12,14H2,1-6H3,(H,31,37)/t20-/m1/s1. The topological polar surface area (TPSA) is 142 Å². The predicted molar refractivity (Wildman–Crippen MR) is 151 cm³/mol. The van der Waals surface area contributed by atoms with E-state index in [9.17, 15) is 23.9 Å². The zero-order chi connectivity index (χ0) is 30.1. The van der Waals surface area contributed by atoms with E-state index in [1.807, 2.05) is 0 Å². The third-order valence-electron chi connectivity index (χ3n) is 6.62. The van der Waals surface area contributed by atoms with Crippen LogP contribution in [0.1, 0.15) is 44.9 Å². The van der Waals surface area contributed by atoms with Crippen LogP contribution in [0.5, 0.6) is 5.75 Å². The molecule has 1 aromatic carbocycles. The second-order valence-corrected chi connectivity index (χ2v) is 11.2. The fourth-order valence-electron chi connectivity index (χ4n) is 4.60. The number of carbonyl (C=O) groups excluding carboxylic acids is 1. The maximum atomic E-state index is 14.4. The highest BCUT2D eigenvalue weighted by molar-refractivity contribution is 7.21. The lowest BCUT2D eigenvalue weighted by molar-refractivity contribution is -0.129. The number of ether oxygens (including phenoxy) is 2. The van der Waals surface area contributed by atoms with Crippen molar-refractivity contribution in [1.82, 2.24) is 29.4 Å². The molecule has 0 saturated heterocycles. The molecular formula is C27H33FN6O6S. The first kappa shape index (κ1) is 30.1. The van der Waals surface area contributed by atoms with Crippen molar-refractivity contribution in [1.29, 1.82) is 0 Å². The Hall–Kier alpha value is -3.88. The van der Waals surface area contributed by atoms with Crippen molar-refractivity contribution in [3.8, 4) is 10.8 Å². The minimum atomic E-state index is -1.58. The van der Waals surface area contributed by atoms with Crippen LogP contribution in [0.4, 0.5) is 4.39 Å². The lowest BCUT2D eigenvalue weighted by Crippen LogP contribution is -2.56. The number of hydrogen-bond acceptors (Lipinski definition) is 9. The van der Waals surface area contributed by atoms with Gasteiger partial charge in [-0.1, -0.05) is 11.3 Å². The molecule has 3 heterocycles. The Balaban J connectivity index is 2.03. The van der Waals surface area contributed by atoms with Gasteiger partial charge >= 0.3 is 5.69 Å². The smallest absolute Gasteiger partial charge is 0.333 e. The molecule has 0 aliphatic carbocycles. The van der Waals surface area contributed by atoms with Gasteiger partial charge in [0.05, 0.1) is 44.6 Å². The lowest BCUT2D eigenvalue weighted by atomic mass is 10.0. The Morgan fingerprint density at radius 2 is 1.90 bits per heavy atom. The Labute approximate surface area is 238 Å². The molecule has 0 spiro atoms. The number of carbonyl (C=O) groups is 1. The van der Waals surface area contributed by atoms with Crippen molar-refractivity contribution in [3.63, 3.8) is 0 Å². The number of benzene rings is 1. The number of nitrogens with one attached hydrogen (secondary N) is 1. The largest absolute Gasteiger partial charge is 0.496 e. The molecule has 2 N–H and O–H groups in total. The average molecular weight is 589 g/mol. The van der Waals surface area contributed by atoms with E-state index in [4.69, 9.17) is 9.47 Å². The van der Waals surface area contributed by atoms with Crippen molar-refractivity contribution in [2.24, 2.45) is 0 Å². The number of thiophene rings is 1. The van der Waals surface area contributed by atoms with Crippen LogP contribution in [0.25, 0.3) is 15.2 Å². The number of halogens is 1. The lowest BCUT2D eigenvalue weighted by Gasteiger charge is -2.28. The van der Waals surface area contributed by atoms with Gasteiger partial charge in [-0.2, -0.15) is 10.2 Å². The summed E-state index contributed by atoms with van der Waals surface area (Å²) in [5.41, 5.74) is -2.16. The molecule has 0 bridgehead atoms. The third kappa shape index (κ3) is 5.67. The molecule has 220 valence electrons. The fraction of sp³-hybridized carbons (Fsp3) is 0.444. The summed E-state index contributed by atoms with van der Waals surface area (Å²) in [5.74, 6) is -0.752. The number of rotatable bonds is 11. The van der Waals surface area contributed by atoms with E-state index in [2.05, 4.69) is 15.5 Å². The molecule has 12 nitrogen and oxygen atoms in total. The number of amides is 1. The molecule has 41 heavy (non-hydrogen) atoms. The van der Waals surface area contributed by atoms with Gasteiger partial charge in [0, 0.05) is 17.2 Å². The molecule has 4 aromatic rings. The first-order valence-corrected chi connectivity index (χ1v) is 13.8. The number of fused-ring (bicyclic) bond motifs is 1. The van der Waals surface area contributed by atoms with E-state index >= 15 is 0 Å². The highest BCUT2D eigenvalue weighted by Gasteiger charge is 2.36. The van der Waals surface area contributed by atoms with Gasteiger partial charge in [-0.25, -0.2) is 13.8 Å². The van der Waals surface area contributed by atoms with Crippen molar-refractivity contribution >= 4 is 27.5 Å². The first-order valence-electron chi connectivity index (χ1n) is 12.9. The third-order valence-corrected chi connectivity index (χ3v) is 7.90. The van der Waals surface area contributed by atoms with Crippen molar-refractivity contribution in [2.45, 2.75) is 58.8 Å². The van der Waals surface area contributed by atoms with E-state index in [0.29, 0.717) is 26.7 Å². The first-order chi connectivity index (χ1) is 19.4. The summed E-state index contributed by atoms with van der Waals surface area (Å²) in [7, 11) is 1.42. The molecule has 0 aliphatic rings. The van der Waals surface area contributed by atoms with Crippen LogP contribution >= 0.6 is 11.3 Å². The minimum Gasteiger partial charge on any atom is -0.496 e. The molecule has 1 atom stereocenters. The molecule has 0 unspecified atom stereocenters. The summed E-state index contributed by atoms with van der Waals surface area (Å²) >= 11 is 1.13. The Kier molecular flexibility index (Phi) is 8.75.